The Morgan fingerprint density at radius 1 is 1.14 bits per heavy atom. The van der Waals surface area contributed by atoms with E-state index in [-0.39, 0.29) is 17.0 Å². The molecule has 0 atom stereocenters. The Morgan fingerprint density at radius 2 is 1.64 bits per heavy atom. The molecule has 0 aromatic heterocycles. The van der Waals surface area contributed by atoms with Gasteiger partial charge < -0.3 is 9.64 Å². The lowest BCUT2D eigenvalue weighted by Crippen LogP contribution is -2.30. The summed E-state index contributed by atoms with van der Waals surface area (Å²) in [4.78, 5) is 12.4. The maximum Gasteiger partial charge on any atom is 0.416 e. The number of rotatable bonds is 4. The number of hydrogen-bond acceptors (Lipinski definition) is 3. The molecule has 0 saturated heterocycles. The van der Waals surface area contributed by atoms with E-state index in [4.69, 9.17) is 4.74 Å². The van der Waals surface area contributed by atoms with E-state index in [1.807, 2.05) is 13.8 Å². The third kappa shape index (κ3) is 5.24. The summed E-state index contributed by atoms with van der Waals surface area (Å²) in [5, 5.41) is 0. The first kappa shape index (κ1) is 20.3. The molecule has 0 N–H and O–H groups in total. The van der Waals surface area contributed by atoms with Crippen LogP contribution in [0.25, 0.3) is 0 Å². The number of ether oxygens (including phenoxy) is 1. The number of carbonyl (C=O) groups is 1. The minimum atomic E-state index is -4.42. The topological polar surface area (TPSA) is 29.5 Å². The van der Waals surface area contributed by atoms with Gasteiger partial charge in [0.25, 0.3) is 0 Å². The minimum Gasteiger partial charge on any atom is -0.478 e. The number of anilines is 1. The lowest BCUT2D eigenvalue weighted by Gasteiger charge is -2.26. The maximum absolute atomic E-state index is 12.9. The number of carbonyl (C=O) groups excluding carboxylic acids is 1. The second-order valence-electron chi connectivity index (χ2n) is 5.35. The van der Waals surface area contributed by atoms with Gasteiger partial charge in [-0.1, -0.05) is 13.8 Å². The fraction of sp³-hybridized carbons (Fsp3) is 0.562. The summed E-state index contributed by atoms with van der Waals surface area (Å²) in [5.74, 6) is 0.248. The van der Waals surface area contributed by atoms with E-state index >= 15 is 0 Å². The van der Waals surface area contributed by atoms with Crippen molar-refractivity contribution < 1.29 is 22.7 Å². The number of benzene rings is 1. The van der Waals surface area contributed by atoms with Crippen LogP contribution in [0, 0.1) is 6.92 Å². The van der Waals surface area contributed by atoms with Gasteiger partial charge in [-0.25, -0.2) is 0 Å². The molecule has 1 aromatic carbocycles. The quantitative estimate of drug-likeness (QED) is 0.767. The molecule has 0 aliphatic heterocycles. The Morgan fingerprint density at radius 3 is 2.00 bits per heavy atom. The van der Waals surface area contributed by atoms with E-state index in [1.165, 1.54) is 17.9 Å². The van der Waals surface area contributed by atoms with Crippen molar-refractivity contribution in [2.75, 3.05) is 19.0 Å². The zero-order chi connectivity index (χ0) is 17.7. The van der Waals surface area contributed by atoms with Crippen LogP contribution in [0.2, 0.25) is 0 Å². The van der Waals surface area contributed by atoms with Crippen LogP contribution >= 0.6 is 0 Å². The molecule has 1 rings (SSSR count). The molecule has 0 bridgehead atoms. The summed E-state index contributed by atoms with van der Waals surface area (Å²) in [5.41, 5.74) is -1.48. The van der Waals surface area contributed by atoms with Gasteiger partial charge in [-0.2, -0.15) is 13.2 Å². The van der Waals surface area contributed by atoms with Crippen LogP contribution in [-0.2, 0) is 11.0 Å². The first-order chi connectivity index (χ1) is 9.98. The highest BCUT2D eigenvalue weighted by molar-refractivity contribution is 5.66. The zero-order valence-electron chi connectivity index (χ0n) is 14.1. The van der Waals surface area contributed by atoms with Crippen LogP contribution in [0.5, 0.6) is 5.75 Å². The maximum atomic E-state index is 12.9. The molecule has 0 fully saturated rings. The second-order valence-corrected chi connectivity index (χ2v) is 5.35. The van der Waals surface area contributed by atoms with Crippen molar-refractivity contribution >= 4 is 12.0 Å². The molecular formula is C16H24F3NO2. The molecule has 22 heavy (non-hydrogen) atoms. The molecule has 0 unspecified atom stereocenters. The Balaban J connectivity index is 0.00000211. The van der Waals surface area contributed by atoms with Crippen LogP contribution in [0.3, 0.4) is 0 Å². The average molecular weight is 319 g/mol. The standard InChI is InChI=1S/C14H18F3NO2.C2H6/c1-9-6-12(20-13(2,3)8-19)11(18(4)5)7-10(9)14(15,16)17;1-2/h6-8H,1-5H3;1-2H3. The highest BCUT2D eigenvalue weighted by atomic mass is 19.4. The van der Waals surface area contributed by atoms with Crippen LogP contribution in [-0.4, -0.2) is 26.0 Å². The minimum absolute atomic E-state index is 0.0554. The fourth-order valence-corrected chi connectivity index (χ4v) is 1.71. The smallest absolute Gasteiger partial charge is 0.416 e. The molecule has 1 aromatic rings. The van der Waals surface area contributed by atoms with E-state index in [0.717, 1.165) is 6.07 Å². The van der Waals surface area contributed by atoms with Crippen molar-refractivity contribution in [2.45, 2.75) is 46.4 Å². The summed E-state index contributed by atoms with van der Waals surface area (Å²) in [7, 11) is 3.23. The normalized spacial score (nSPS) is 11.4. The highest BCUT2D eigenvalue weighted by Gasteiger charge is 2.34. The van der Waals surface area contributed by atoms with Gasteiger partial charge in [0.05, 0.1) is 11.3 Å². The molecule has 3 nitrogen and oxygen atoms in total. The van der Waals surface area contributed by atoms with Gasteiger partial charge in [-0.05, 0) is 38.5 Å². The van der Waals surface area contributed by atoms with Crippen molar-refractivity contribution in [3.8, 4) is 5.75 Å². The molecular weight excluding hydrogens is 295 g/mol. The van der Waals surface area contributed by atoms with Gasteiger partial charge in [0.15, 0.2) is 11.9 Å². The summed E-state index contributed by atoms with van der Waals surface area (Å²) in [6, 6.07) is 2.34. The van der Waals surface area contributed by atoms with Gasteiger partial charge >= 0.3 is 6.18 Å². The number of aldehydes is 1. The van der Waals surface area contributed by atoms with E-state index in [2.05, 4.69) is 0 Å². The summed E-state index contributed by atoms with van der Waals surface area (Å²) in [6.45, 7) is 8.46. The predicted molar refractivity (Wildman–Crippen MR) is 82.6 cm³/mol. The molecule has 6 heteroatoms. The van der Waals surface area contributed by atoms with Crippen LogP contribution in [0.4, 0.5) is 18.9 Å². The van der Waals surface area contributed by atoms with Crippen molar-refractivity contribution in [1.82, 2.24) is 0 Å². The molecule has 0 saturated carbocycles. The first-order valence-corrected chi connectivity index (χ1v) is 7.02. The second kappa shape index (κ2) is 7.51. The largest absolute Gasteiger partial charge is 0.478 e. The third-order valence-corrected chi connectivity index (χ3v) is 2.75. The van der Waals surface area contributed by atoms with Gasteiger partial charge in [-0.15, -0.1) is 0 Å². The summed E-state index contributed by atoms with van der Waals surface area (Å²) in [6.07, 6.45) is -3.81. The van der Waals surface area contributed by atoms with Crippen molar-refractivity contribution in [3.05, 3.63) is 23.3 Å². The van der Waals surface area contributed by atoms with Crippen molar-refractivity contribution in [2.24, 2.45) is 0 Å². The van der Waals surface area contributed by atoms with Crippen LogP contribution in [0.15, 0.2) is 12.1 Å². The molecule has 0 amide bonds. The van der Waals surface area contributed by atoms with Crippen molar-refractivity contribution in [3.63, 3.8) is 0 Å². The number of aryl methyl sites for hydroxylation is 1. The first-order valence-electron chi connectivity index (χ1n) is 7.02. The molecule has 0 aliphatic rings. The Kier molecular flexibility index (Phi) is 6.93. The molecule has 0 heterocycles. The number of alkyl halides is 3. The van der Waals surface area contributed by atoms with E-state index in [1.54, 1.807) is 27.9 Å². The monoisotopic (exact) mass is 319 g/mol. The van der Waals surface area contributed by atoms with Gasteiger partial charge in [-0.3, -0.25) is 4.79 Å². The van der Waals surface area contributed by atoms with E-state index in [0.29, 0.717) is 6.29 Å². The number of nitrogens with zero attached hydrogens (tertiary/aromatic N) is 1. The molecule has 0 spiro atoms. The molecule has 126 valence electrons. The predicted octanol–water partition coefficient (Wildman–Crippen LogP) is 4.46. The van der Waals surface area contributed by atoms with E-state index < -0.39 is 17.3 Å². The number of hydrogen-bond donors (Lipinski definition) is 0. The lowest BCUT2D eigenvalue weighted by atomic mass is 10.1. The fourth-order valence-electron chi connectivity index (χ4n) is 1.71. The molecule has 0 aliphatic carbocycles. The Labute approximate surface area is 130 Å². The Bertz CT molecular complexity index is 509. The van der Waals surface area contributed by atoms with Gasteiger partial charge in [0, 0.05) is 14.1 Å². The van der Waals surface area contributed by atoms with Crippen LogP contribution in [0.1, 0.15) is 38.8 Å². The van der Waals surface area contributed by atoms with Crippen LogP contribution < -0.4 is 9.64 Å². The SMILES string of the molecule is CC.Cc1cc(OC(C)(C)C=O)c(N(C)C)cc1C(F)(F)F. The summed E-state index contributed by atoms with van der Waals surface area (Å²) < 4.78 is 44.3. The number of halogens is 3. The van der Waals surface area contributed by atoms with Crippen molar-refractivity contribution in [1.29, 1.82) is 0 Å². The third-order valence-electron chi connectivity index (χ3n) is 2.75. The highest BCUT2D eigenvalue weighted by Crippen LogP contribution is 2.39. The van der Waals surface area contributed by atoms with E-state index in [9.17, 15) is 18.0 Å². The summed E-state index contributed by atoms with van der Waals surface area (Å²) >= 11 is 0. The Hall–Kier alpha value is -1.72. The zero-order valence-corrected chi connectivity index (χ0v) is 14.1. The lowest BCUT2D eigenvalue weighted by molar-refractivity contribution is -0.138. The van der Waals surface area contributed by atoms with Gasteiger partial charge in [0.1, 0.15) is 5.75 Å². The van der Waals surface area contributed by atoms with Gasteiger partial charge in [0.2, 0.25) is 0 Å². The molecule has 0 radical (unpaired) electrons. The average Bonchev–Trinajstić information content (AvgIpc) is 2.38.